The van der Waals surface area contributed by atoms with Crippen molar-refractivity contribution in [2.45, 2.75) is 38.4 Å². The monoisotopic (exact) mass is 279 g/mol. The zero-order valence-corrected chi connectivity index (χ0v) is 10.8. The van der Waals surface area contributed by atoms with Gasteiger partial charge in [-0.3, -0.25) is 0 Å². The third-order valence-electron chi connectivity index (χ3n) is 3.15. The van der Waals surface area contributed by atoms with E-state index in [0.717, 1.165) is 18.9 Å². The molecule has 0 saturated carbocycles. The summed E-state index contributed by atoms with van der Waals surface area (Å²) in [5.74, 6) is 0.241. The summed E-state index contributed by atoms with van der Waals surface area (Å²) in [6.07, 6.45) is -2.67. The highest BCUT2D eigenvalue weighted by atomic mass is 35.5. The van der Waals surface area contributed by atoms with Crippen LogP contribution in [-0.2, 0) is 6.18 Å². The molecule has 7 heteroatoms. The van der Waals surface area contributed by atoms with E-state index in [4.69, 9.17) is 11.6 Å². The molecular formula is C11H13ClF3N3. The molecule has 2 heterocycles. The number of anilines is 1. The number of nitrogens with zero attached hydrogens (tertiary/aromatic N) is 3. The van der Waals surface area contributed by atoms with E-state index >= 15 is 0 Å². The number of hydrogen-bond acceptors (Lipinski definition) is 3. The molecule has 0 unspecified atom stereocenters. The van der Waals surface area contributed by atoms with Gasteiger partial charge in [-0.25, -0.2) is 9.97 Å². The molecule has 1 saturated heterocycles. The van der Waals surface area contributed by atoms with Crippen LogP contribution in [-0.4, -0.2) is 22.1 Å². The van der Waals surface area contributed by atoms with Gasteiger partial charge < -0.3 is 4.90 Å². The third kappa shape index (κ3) is 2.53. The third-order valence-corrected chi connectivity index (χ3v) is 3.32. The molecule has 18 heavy (non-hydrogen) atoms. The Morgan fingerprint density at radius 2 is 2.00 bits per heavy atom. The maximum atomic E-state index is 12.7. The highest BCUT2D eigenvalue weighted by Gasteiger charge is 2.37. The average Bonchev–Trinajstić information content (AvgIpc) is 2.55. The van der Waals surface area contributed by atoms with Crippen molar-refractivity contribution in [3.63, 3.8) is 0 Å². The first-order valence-electron chi connectivity index (χ1n) is 5.59. The van der Waals surface area contributed by atoms with Crippen LogP contribution in [0.5, 0.6) is 0 Å². The van der Waals surface area contributed by atoms with Crippen LogP contribution in [0.25, 0.3) is 0 Å². The second-order valence-electron chi connectivity index (χ2n) is 4.95. The van der Waals surface area contributed by atoms with Gasteiger partial charge >= 0.3 is 6.18 Å². The molecule has 1 aliphatic rings. The second kappa shape index (κ2) is 4.26. The van der Waals surface area contributed by atoms with E-state index in [2.05, 4.69) is 9.97 Å². The van der Waals surface area contributed by atoms with E-state index < -0.39 is 11.9 Å². The molecule has 0 radical (unpaired) electrons. The molecule has 1 aliphatic heterocycles. The fourth-order valence-electron chi connectivity index (χ4n) is 2.22. The maximum absolute atomic E-state index is 12.7. The van der Waals surface area contributed by atoms with Crippen LogP contribution in [0.1, 0.15) is 32.4 Å². The predicted molar refractivity (Wildman–Crippen MR) is 62.7 cm³/mol. The zero-order valence-electron chi connectivity index (χ0n) is 10.1. The van der Waals surface area contributed by atoms with Gasteiger partial charge in [0.2, 0.25) is 5.28 Å². The SMILES string of the molecule is CC1(C)CCCN1c1cc(C(F)(F)F)nc(Cl)n1. The van der Waals surface area contributed by atoms with Crippen LogP contribution < -0.4 is 4.90 Å². The molecule has 100 valence electrons. The van der Waals surface area contributed by atoms with Gasteiger partial charge in [0.05, 0.1) is 0 Å². The summed E-state index contributed by atoms with van der Waals surface area (Å²) in [6, 6.07) is 0.957. The Kier molecular flexibility index (Phi) is 3.17. The fourth-order valence-corrected chi connectivity index (χ4v) is 2.40. The Morgan fingerprint density at radius 1 is 1.33 bits per heavy atom. The highest BCUT2D eigenvalue weighted by molar-refractivity contribution is 6.28. The van der Waals surface area contributed by atoms with Gasteiger partial charge in [0.1, 0.15) is 5.82 Å². The molecular weight excluding hydrogens is 267 g/mol. The van der Waals surface area contributed by atoms with Crippen LogP contribution in [0.3, 0.4) is 0 Å². The van der Waals surface area contributed by atoms with Gasteiger partial charge in [-0.05, 0) is 38.3 Å². The quantitative estimate of drug-likeness (QED) is 0.737. The number of halogens is 4. The zero-order chi connectivity index (χ0) is 13.6. The lowest BCUT2D eigenvalue weighted by atomic mass is 10.0. The lowest BCUT2D eigenvalue weighted by Gasteiger charge is -2.32. The van der Waals surface area contributed by atoms with Gasteiger partial charge in [0.25, 0.3) is 0 Å². The number of rotatable bonds is 1. The fraction of sp³-hybridized carbons (Fsp3) is 0.636. The van der Waals surface area contributed by atoms with Crippen LogP contribution in [0.15, 0.2) is 6.07 Å². The van der Waals surface area contributed by atoms with Crippen molar-refractivity contribution < 1.29 is 13.2 Å². The summed E-state index contributed by atoms with van der Waals surface area (Å²) in [5, 5.41) is -0.373. The minimum Gasteiger partial charge on any atom is -0.351 e. The van der Waals surface area contributed by atoms with Crippen molar-refractivity contribution in [2.24, 2.45) is 0 Å². The summed E-state index contributed by atoms with van der Waals surface area (Å²) in [5.41, 5.74) is -1.21. The highest BCUT2D eigenvalue weighted by Crippen LogP contribution is 2.36. The minimum atomic E-state index is -4.51. The van der Waals surface area contributed by atoms with Crippen molar-refractivity contribution in [3.05, 3.63) is 17.0 Å². The van der Waals surface area contributed by atoms with Crippen molar-refractivity contribution in [1.82, 2.24) is 9.97 Å². The van der Waals surface area contributed by atoms with E-state index in [9.17, 15) is 13.2 Å². The normalized spacial score (nSPS) is 19.3. The first kappa shape index (κ1) is 13.4. The topological polar surface area (TPSA) is 29.0 Å². The van der Waals surface area contributed by atoms with Gasteiger partial charge in [-0.15, -0.1) is 0 Å². The Labute approximate surface area is 108 Å². The molecule has 0 amide bonds. The van der Waals surface area contributed by atoms with Crippen LogP contribution >= 0.6 is 11.6 Å². The lowest BCUT2D eigenvalue weighted by molar-refractivity contribution is -0.141. The summed E-state index contributed by atoms with van der Waals surface area (Å²) in [7, 11) is 0. The Morgan fingerprint density at radius 3 is 2.50 bits per heavy atom. The lowest BCUT2D eigenvalue weighted by Crippen LogP contribution is -2.39. The Bertz CT molecular complexity index is 459. The van der Waals surface area contributed by atoms with Crippen molar-refractivity contribution in [1.29, 1.82) is 0 Å². The molecule has 3 nitrogen and oxygen atoms in total. The van der Waals surface area contributed by atoms with Gasteiger partial charge in [-0.1, -0.05) is 0 Å². The van der Waals surface area contributed by atoms with Crippen LogP contribution in [0, 0.1) is 0 Å². The average molecular weight is 280 g/mol. The summed E-state index contributed by atoms with van der Waals surface area (Å²) in [6.45, 7) is 4.63. The molecule has 0 atom stereocenters. The molecule has 1 aromatic heterocycles. The largest absolute Gasteiger partial charge is 0.433 e. The van der Waals surface area contributed by atoms with Crippen LogP contribution in [0.2, 0.25) is 5.28 Å². The Balaban J connectivity index is 2.43. The molecule has 1 fully saturated rings. The van der Waals surface area contributed by atoms with Gasteiger partial charge in [0.15, 0.2) is 5.69 Å². The predicted octanol–water partition coefficient (Wildman–Crippen LogP) is 3.53. The van der Waals surface area contributed by atoms with E-state index in [1.54, 1.807) is 0 Å². The van der Waals surface area contributed by atoms with Gasteiger partial charge in [0, 0.05) is 18.2 Å². The second-order valence-corrected chi connectivity index (χ2v) is 5.28. The molecule has 0 bridgehead atoms. The van der Waals surface area contributed by atoms with E-state index in [0.29, 0.717) is 6.54 Å². The summed E-state index contributed by atoms with van der Waals surface area (Å²) in [4.78, 5) is 8.98. The molecule has 0 N–H and O–H groups in total. The maximum Gasteiger partial charge on any atom is 0.433 e. The smallest absolute Gasteiger partial charge is 0.351 e. The molecule has 0 aliphatic carbocycles. The Hall–Kier alpha value is -1.04. The van der Waals surface area contributed by atoms with Crippen molar-refractivity contribution in [2.75, 3.05) is 11.4 Å². The first-order valence-corrected chi connectivity index (χ1v) is 5.97. The van der Waals surface area contributed by atoms with E-state index in [1.807, 2.05) is 18.7 Å². The van der Waals surface area contributed by atoms with Crippen LogP contribution in [0.4, 0.5) is 19.0 Å². The first-order chi connectivity index (χ1) is 8.20. The molecule has 0 aromatic carbocycles. The van der Waals surface area contributed by atoms with Crippen molar-refractivity contribution in [3.8, 4) is 0 Å². The number of aromatic nitrogens is 2. The summed E-state index contributed by atoms with van der Waals surface area (Å²) < 4.78 is 38.0. The summed E-state index contributed by atoms with van der Waals surface area (Å²) >= 11 is 5.58. The van der Waals surface area contributed by atoms with E-state index in [1.165, 1.54) is 0 Å². The number of alkyl halides is 3. The molecule has 2 rings (SSSR count). The van der Waals surface area contributed by atoms with Gasteiger partial charge in [-0.2, -0.15) is 13.2 Å². The van der Waals surface area contributed by atoms with Crippen molar-refractivity contribution >= 4 is 17.4 Å². The molecule has 1 aromatic rings. The standard InChI is InChI=1S/C11H13ClF3N3/c1-10(2)4-3-5-18(10)8-6-7(11(13,14)15)16-9(12)17-8/h6H,3-5H2,1-2H3. The minimum absolute atomic E-state index is 0.208. The van der Waals surface area contributed by atoms with E-state index in [-0.39, 0.29) is 16.6 Å². The molecule has 0 spiro atoms. The number of hydrogen-bond donors (Lipinski definition) is 0.